The first-order valence-electron chi connectivity index (χ1n) is 10.6. The lowest BCUT2D eigenvalue weighted by atomic mass is 10.1. The van der Waals surface area contributed by atoms with Gasteiger partial charge in [0, 0.05) is 23.8 Å². The van der Waals surface area contributed by atoms with Crippen LogP contribution in [-0.4, -0.2) is 66.8 Å². The van der Waals surface area contributed by atoms with Crippen LogP contribution in [0.4, 0.5) is 10.5 Å². The van der Waals surface area contributed by atoms with Crippen LogP contribution in [0.3, 0.4) is 0 Å². The Bertz CT molecular complexity index is 1140. The number of sulfone groups is 1. The van der Waals surface area contributed by atoms with Crippen molar-refractivity contribution in [2.75, 3.05) is 29.5 Å². The second kappa shape index (κ2) is 8.75. The van der Waals surface area contributed by atoms with Gasteiger partial charge in [-0.3, -0.25) is 9.69 Å². The van der Waals surface area contributed by atoms with Crippen molar-refractivity contribution in [3.05, 3.63) is 64.7 Å². The molecule has 0 aliphatic carbocycles. The van der Waals surface area contributed by atoms with Gasteiger partial charge < -0.3 is 9.80 Å². The van der Waals surface area contributed by atoms with E-state index in [1.807, 2.05) is 44.2 Å². The predicted octanol–water partition coefficient (Wildman–Crippen LogP) is 3.10. The van der Waals surface area contributed by atoms with Gasteiger partial charge in [0.1, 0.15) is 6.54 Å². The molecule has 2 aliphatic heterocycles. The first kappa shape index (κ1) is 22.6. The van der Waals surface area contributed by atoms with Gasteiger partial charge in [-0.25, -0.2) is 13.2 Å². The number of aryl methyl sites for hydroxylation is 1. The van der Waals surface area contributed by atoms with E-state index in [0.717, 1.165) is 11.1 Å². The summed E-state index contributed by atoms with van der Waals surface area (Å²) in [4.78, 5) is 31.1. The van der Waals surface area contributed by atoms with Crippen molar-refractivity contribution in [2.24, 2.45) is 0 Å². The summed E-state index contributed by atoms with van der Waals surface area (Å²) in [7, 11) is -3.32. The molecule has 2 aromatic rings. The van der Waals surface area contributed by atoms with Gasteiger partial charge in [-0.05, 0) is 37.1 Å². The zero-order valence-corrected chi connectivity index (χ0v) is 19.6. The molecule has 7 nitrogen and oxygen atoms in total. The Morgan fingerprint density at radius 1 is 1.12 bits per heavy atom. The highest BCUT2D eigenvalue weighted by atomic mass is 35.5. The van der Waals surface area contributed by atoms with Crippen LogP contribution in [0.1, 0.15) is 18.1 Å². The summed E-state index contributed by atoms with van der Waals surface area (Å²) in [6.07, 6.45) is 0. The highest BCUT2D eigenvalue weighted by molar-refractivity contribution is 7.91. The summed E-state index contributed by atoms with van der Waals surface area (Å²) < 4.78 is 24.9. The number of fused-ring (bicyclic) bond motifs is 1. The fourth-order valence-corrected chi connectivity index (χ4v) is 6.55. The molecule has 0 radical (unpaired) electrons. The largest absolute Gasteiger partial charge is 0.337 e. The van der Waals surface area contributed by atoms with E-state index in [9.17, 15) is 18.0 Å². The number of nitrogens with zero attached hydrogens (tertiary/aromatic N) is 3. The molecule has 0 N–H and O–H groups in total. The Balaban J connectivity index is 1.59. The van der Waals surface area contributed by atoms with Crippen LogP contribution in [-0.2, 0) is 21.2 Å². The van der Waals surface area contributed by atoms with Gasteiger partial charge >= 0.3 is 6.03 Å². The third-order valence-corrected chi connectivity index (χ3v) is 8.27. The number of hydrogen-bond donors (Lipinski definition) is 0. The zero-order valence-electron chi connectivity index (χ0n) is 18.1. The van der Waals surface area contributed by atoms with Crippen LogP contribution < -0.4 is 4.90 Å². The van der Waals surface area contributed by atoms with E-state index in [0.29, 0.717) is 23.8 Å². The van der Waals surface area contributed by atoms with Crippen molar-refractivity contribution in [3.8, 4) is 0 Å². The first-order chi connectivity index (χ1) is 15.2. The number of carbonyl (C=O) groups excluding carboxylic acids is 2. The van der Waals surface area contributed by atoms with E-state index in [1.54, 1.807) is 23.1 Å². The van der Waals surface area contributed by atoms with Crippen molar-refractivity contribution < 1.29 is 18.0 Å². The average molecular weight is 476 g/mol. The third kappa shape index (κ3) is 4.34. The highest BCUT2D eigenvalue weighted by Crippen LogP contribution is 2.36. The Morgan fingerprint density at radius 2 is 1.81 bits per heavy atom. The second-order valence-electron chi connectivity index (χ2n) is 8.32. The number of hydrogen-bond acceptors (Lipinski definition) is 4. The van der Waals surface area contributed by atoms with Gasteiger partial charge in [0.2, 0.25) is 5.91 Å². The molecule has 32 heavy (non-hydrogen) atoms. The molecule has 0 unspecified atom stereocenters. The Labute approximate surface area is 193 Å². The standard InChI is InChI=1S/C23H26ClN3O4S/c1-3-25(12-17-7-5-4-6-8-17)22(28)13-26-20-14-32(30,31)15-21(20)27(23(26)29)18-10-9-16(2)19(24)11-18/h4-11,20-21H,3,12-15H2,1-2H3/t20-,21-/m1/s1. The number of rotatable bonds is 6. The van der Waals surface area contributed by atoms with Crippen LogP contribution in [0.2, 0.25) is 5.02 Å². The monoisotopic (exact) mass is 475 g/mol. The Hall–Kier alpha value is -2.58. The van der Waals surface area contributed by atoms with E-state index in [-0.39, 0.29) is 30.0 Å². The third-order valence-electron chi connectivity index (χ3n) is 6.17. The van der Waals surface area contributed by atoms with Crippen LogP contribution in [0.5, 0.6) is 0 Å². The summed E-state index contributed by atoms with van der Waals surface area (Å²) in [6, 6.07) is 13.4. The predicted molar refractivity (Wildman–Crippen MR) is 125 cm³/mol. The smallest absolute Gasteiger partial charge is 0.325 e. The lowest BCUT2D eigenvalue weighted by Gasteiger charge is -2.26. The highest BCUT2D eigenvalue weighted by Gasteiger charge is 2.54. The quantitative estimate of drug-likeness (QED) is 0.601. The maximum absolute atomic E-state index is 13.4. The first-order valence-corrected chi connectivity index (χ1v) is 12.8. The number of benzene rings is 2. The molecule has 2 aromatic carbocycles. The molecular weight excluding hydrogens is 450 g/mol. The normalized spacial score (nSPS) is 21.7. The van der Waals surface area contributed by atoms with Crippen LogP contribution in [0.15, 0.2) is 48.5 Å². The van der Waals surface area contributed by atoms with Gasteiger partial charge in [-0.1, -0.05) is 48.0 Å². The fourth-order valence-electron chi connectivity index (χ4n) is 4.42. The molecule has 170 valence electrons. The van der Waals surface area contributed by atoms with Crippen LogP contribution in [0.25, 0.3) is 0 Å². The minimum Gasteiger partial charge on any atom is -0.337 e. The summed E-state index contributed by atoms with van der Waals surface area (Å²) in [5.41, 5.74) is 2.40. The molecule has 0 bridgehead atoms. The van der Waals surface area contributed by atoms with Gasteiger partial charge in [0.15, 0.2) is 9.84 Å². The Morgan fingerprint density at radius 3 is 2.47 bits per heavy atom. The van der Waals surface area contributed by atoms with Crippen molar-refractivity contribution in [1.29, 1.82) is 0 Å². The van der Waals surface area contributed by atoms with Crippen LogP contribution >= 0.6 is 11.6 Å². The van der Waals surface area contributed by atoms with Gasteiger partial charge in [0.05, 0.1) is 23.6 Å². The molecule has 0 aromatic heterocycles. The number of halogens is 1. The summed E-state index contributed by atoms with van der Waals surface area (Å²) in [5.74, 6) is -0.477. The van der Waals surface area contributed by atoms with Crippen LogP contribution in [0, 0.1) is 6.92 Å². The maximum Gasteiger partial charge on any atom is 0.325 e. The fraction of sp³-hybridized carbons (Fsp3) is 0.391. The minimum absolute atomic E-state index is 0.124. The molecular formula is C23H26ClN3O4S. The van der Waals surface area contributed by atoms with Crippen molar-refractivity contribution in [3.63, 3.8) is 0 Å². The maximum atomic E-state index is 13.4. The molecule has 2 heterocycles. The molecule has 2 fully saturated rings. The SMILES string of the molecule is CCN(Cc1ccccc1)C(=O)CN1C(=O)N(c2ccc(C)c(Cl)c2)[C@@H]2CS(=O)(=O)C[C@H]21. The summed E-state index contributed by atoms with van der Waals surface area (Å²) >= 11 is 6.27. The summed E-state index contributed by atoms with van der Waals surface area (Å²) in [6.45, 7) is 4.50. The second-order valence-corrected chi connectivity index (χ2v) is 10.9. The van der Waals surface area contributed by atoms with Gasteiger partial charge in [-0.2, -0.15) is 0 Å². The van der Waals surface area contributed by atoms with E-state index in [2.05, 4.69) is 0 Å². The van der Waals surface area contributed by atoms with E-state index in [4.69, 9.17) is 11.6 Å². The van der Waals surface area contributed by atoms with Crippen molar-refractivity contribution >= 4 is 39.1 Å². The van der Waals surface area contributed by atoms with Crippen molar-refractivity contribution in [2.45, 2.75) is 32.5 Å². The average Bonchev–Trinajstić information content (AvgIpc) is 3.19. The molecule has 0 spiro atoms. The zero-order chi connectivity index (χ0) is 23.0. The molecule has 0 saturated carbocycles. The van der Waals surface area contributed by atoms with E-state index in [1.165, 1.54) is 9.80 Å². The number of amides is 3. The molecule has 2 saturated heterocycles. The number of carbonyl (C=O) groups is 2. The lowest BCUT2D eigenvalue weighted by molar-refractivity contribution is -0.132. The Kier molecular flexibility index (Phi) is 6.18. The summed E-state index contributed by atoms with van der Waals surface area (Å²) in [5, 5.41) is 0.502. The number of urea groups is 1. The molecule has 2 atom stereocenters. The van der Waals surface area contributed by atoms with Gasteiger partial charge in [-0.15, -0.1) is 0 Å². The molecule has 2 aliphatic rings. The van der Waals surface area contributed by atoms with Crippen molar-refractivity contribution in [1.82, 2.24) is 9.80 Å². The van der Waals surface area contributed by atoms with Gasteiger partial charge in [0.25, 0.3) is 0 Å². The number of anilines is 1. The molecule has 4 rings (SSSR count). The molecule has 3 amide bonds. The molecule has 9 heteroatoms. The topological polar surface area (TPSA) is 78.0 Å². The van der Waals surface area contributed by atoms with E-state index < -0.39 is 21.9 Å². The minimum atomic E-state index is -3.32. The lowest BCUT2D eigenvalue weighted by Crippen LogP contribution is -2.45. The van der Waals surface area contributed by atoms with E-state index >= 15 is 0 Å². The number of likely N-dealkylation sites (N-methyl/N-ethyl adjacent to an activating group) is 1.